The molecule has 0 radical (unpaired) electrons. The van der Waals surface area contributed by atoms with Gasteiger partial charge in [-0.15, -0.1) is 0 Å². The summed E-state index contributed by atoms with van der Waals surface area (Å²) in [6, 6.07) is 0. The lowest BCUT2D eigenvalue weighted by Gasteiger charge is -2.60. The molecule has 0 aliphatic heterocycles. The fourth-order valence-electron chi connectivity index (χ4n) is 9.20. The third kappa shape index (κ3) is 3.79. The molecule has 0 bridgehead atoms. The molecule has 5 heteroatoms. The van der Waals surface area contributed by atoms with E-state index in [2.05, 4.69) is 27.7 Å². The minimum atomic E-state index is -0.765. The normalized spacial score (nSPS) is 50.3. The van der Waals surface area contributed by atoms with Gasteiger partial charge < -0.3 is 20.4 Å². The second-order valence-corrected chi connectivity index (χ2v) is 12.7. The predicted molar refractivity (Wildman–Crippen MR) is 124 cm³/mol. The molecule has 0 aromatic carbocycles. The molecule has 4 aliphatic carbocycles. The van der Waals surface area contributed by atoms with Crippen molar-refractivity contribution in [3.63, 3.8) is 0 Å². The van der Waals surface area contributed by atoms with Crippen LogP contribution in [0.15, 0.2) is 0 Å². The molecule has 4 N–H and O–H groups in total. The van der Waals surface area contributed by atoms with Gasteiger partial charge in [0.25, 0.3) is 0 Å². The molecule has 184 valence electrons. The number of hydrogen-bond acceptors (Lipinski definition) is 5. The molecular formula is C27H46O5. The van der Waals surface area contributed by atoms with Crippen LogP contribution in [0.3, 0.4) is 0 Å². The summed E-state index contributed by atoms with van der Waals surface area (Å²) in [5, 5.41) is 42.1. The molecule has 0 amide bonds. The Morgan fingerprint density at radius 1 is 1.00 bits per heavy atom. The highest BCUT2D eigenvalue weighted by molar-refractivity contribution is 5.83. The molecule has 12 unspecified atom stereocenters. The minimum absolute atomic E-state index is 0.0337. The lowest BCUT2D eigenvalue weighted by Crippen LogP contribution is -2.58. The van der Waals surface area contributed by atoms with E-state index in [1.807, 2.05) is 0 Å². The van der Waals surface area contributed by atoms with Gasteiger partial charge in [-0.1, -0.05) is 40.5 Å². The Morgan fingerprint density at radius 2 is 1.69 bits per heavy atom. The standard InChI is InChI=1S/C27H46O5/c1-15(14-28)6-5-7-16(2)22-24(31)25(32)23-18-13-21(30)20-12-17(29)8-10-26(20,3)19(18)9-11-27(22,23)4/h15-20,22-25,28-29,31-32H,5-14H2,1-4H3. The van der Waals surface area contributed by atoms with Crippen LogP contribution in [0, 0.1) is 52.3 Å². The third-order valence-electron chi connectivity index (χ3n) is 10.9. The molecule has 32 heavy (non-hydrogen) atoms. The maximum absolute atomic E-state index is 13.3. The van der Waals surface area contributed by atoms with Crippen molar-refractivity contribution < 1.29 is 25.2 Å². The first-order valence-corrected chi connectivity index (χ1v) is 13.2. The number of carbonyl (C=O) groups is 1. The number of Topliss-reactive ketones (excluding diaryl/α,β-unsaturated/α-hetero) is 1. The highest BCUT2D eigenvalue weighted by Crippen LogP contribution is 2.67. The second-order valence-electron chi connectivity index (χ2n) is 12.7. The summed E-state index contributed by atoms with van der Waals surface area (Å²) < 4.78 is 0. The SMILES string of the molecule is CC(CO)CCCC(C)C1C(O)C(O)C2C3CC(=O)C4CC(O)CCC4(C)C3CCC12C. The summed E-state index contributed by atoms with van der Waals surface area (Å²) in [5.74, 6) is 1.35. The van der Waals surface area contributed by atoms with Crippen molar-refractivity contribution in [3.8, 4) is 0 Å². The first-order chi connectivity index (χ1) is 15.0. The average Bonchev–Trinajstić information content (AvgIpc) is 2.94. The molecular weight excluding hydrogens is 404 g/mol. The quantitative estimate of drug-likeness (QED) is 0.496. The molecule has 0 saturated heterocycles. The van der Waals surface area contributed by atoms with Crippen molar-refractivity contribution in [1.82, 2.24) is 0 Å². The van der Waals surface area contributed by atoms with Crippen molar-refractivity contribution in [3.05, 3.63) is 0 Å². The van der Waals surface area contributed by atoms with Gasteiger partial charge in [-0.2, -0.15) is 0 Å². The zero-order valence-corrected chi connectivity index (χ0v) is 20.5. The number of aliphatic hydroxyl groups excluding tert-OH is 4. The van der Waals surface area contributed by atoms with Gasteiger partial charge in [0.2, 0.25) is 0 Å². The molecule has 4 fully saturated rings. The fraction of sp³-hybridized carbons (Fsp3) is 0.963. The van der Waals surface area contributed by atoms with E-state index in [1.165, 1.54) is 0 Å². The lowest BCUT2D eigenvalue weighted by molar-refractivity contribution is -0.165. The topological polar surface area (TPSA) is 98.0 Å². The van der Waals surface area contributed by atoms with Gasteiger partial charge in [0.05, 0.1) is 18.3 Å². The van der Waals surface area contributed by atoms with E-state index in [0.717, 1.165) is 44.9 Å². The van der Waals surface area contributed by atoms with Crippen LogP contribution >= 0.6 is 0 Å². The van der Waals surface area contributed by atoms with E-state index in [-0.39, 0.29) is 53.0 Å². The minimum Gasteiger partial charge on any atom is -0.396 e. The van der Waals surface area contributed by atoms with Gasteiger partial charge >= 0.3 is 0 Å². The van der Waals surface area contributed by atoms with Gasteiger partial charge in [-0.25, -0.2) is 0 Å². The van der Waals surface area contributed by atoms with Gasteiger partial charge in [0.1, 0.15) is 5.78 Å². The molecule has 0 aromatic rings. The van der Waals surface area contributed by atoms with E-state index in [0.29, 0.717) is 30.6 Å². The number of rotatable bonds is 6. The number of hydrogen-bond donors (Lipinski definition) is 4. The lowest BCUT2D eigenvalue weighted by atomic mass is 9.44. The van der Waals surface area contributed by atoms with Gasteiger partial charge in [0.15, 0.2) is 0 Å². The van der Waals surface area contributed by atoms with Crippen molar-refractivity contribution >= 4 is 5.78 Å². The second kappa shape index (κ2) is 8.94. The van der Waals surface area contributed by atoms with Gasteiger partial charge in [-0.3, -0.25) is 4.79 Å². The number of fused-ring (bicyclic) bond motifs is 5. The van der Waals surface area contributed by atoms with Crippen LogP contribution in [0.1, 0.15) is 85.5 Å². The molecule has 0 spiro atoms. The van der Waals surface area contributed by atoms with E-state index < -0.39 is 12.2 Å². The van der Waals surface area contributed by atoms with Crippen LogP contribution < -0.4 is 0 Å². The molecule has 5 nitrogen and oxygen atoms in total. The summed E-state index contributed by atoms with van der Waals surface area (Å²) in [7, 11) is 0. The zero-order valence-electron chi connectivity index (χ0n) is 20.5. The summed E-state index contributed by atoms with van der Waals surface area (Å²) in [4.78, 5) is 13.3. The van der Waals surface area contributed by atoms with E-state index >= 15 is 0 Å². The van der Waals surface area contributed by atoms with Crippen molar-refractivity contribution in [1.29, 1.82) is 0 Å². The van der Waals surface area contributed by atoms with Crippen molar-refractivity contribution in [2.24, 2.45) is 52.3 Å². The van der Waals surface area contributed by atoms with Crippen LogP contribution in [0.25, 0.3) is 0 Å². The highest BCUT2D eigenvalue weighted by Gasteiger charge is 2.67. The fourth-order valence-corrected chi connectivity index (χ4v) is 9.20. The van der Waals surface area contributed by atoms with Crippen molar-refractivity contribution in [2.45, 2.75) is 104 Å². The monoisotopic (exact) mass is 450 g/mol. The summed E-state index contributed by atoms with van der Waals surface area (Å²) >= 11 is 0. The third-order valence-corrected chi connectivity index (χ3v) is 10.9. The molecule has 4 saturated carbocycles. The summed E-state index contributed by atoms with van der Waals surface area (Å²) in [5.41, 5.74) is -0.241. The zero-order chi connectivity index (χ0) is 23.4. The Bertz CT molecular complexity index is 696. The molecule has 4 aliphatic rings. The maximum atomic E-state index is 13.3. The summed E-state index contributed by atoms with van der Waals surface area (Å²) in [6.45, 7) is 9.04. The van der Waals surface area contributed by atoms with Crippen LogP contribution in [-0.4, -0.2) is 51.1 Å². The predicted octanol–water partition coefficient (Wildman–Crippen LogP) is 3.56. The Kier molecular flexibility index (Phi) is 6.88. The molecule has 0 aromatic heterocycles. The van der Waals surface area contributed by atoms with Crippen LogP contribution in [0.4, 0.5) is 0 Å². The smallest absolute Gasteiger partial charge is 0.136 e. The Balaban J connectivity index is 1.56. The Morgan fingerprint density at radius 3 is 2.38 bits per heavy atom. The van der Waals surface area contributed by atoms with Crippen LogP contribution in [0.5, 0.6) is 0 Å². The van der Waals surface area contributed by atoms with Crippen LogP contribution in [-0.2, 0) is 4.79 Å². The first kappa shape index (κ1) is 24.6. The Hall–Kier alpha value is -0.490. The number of ketones is 1. The number of aliphatic hydroxyl groups is 4. The molecule has 0 heterocycles. The van der Waals surface area contributed by atoms with E-state index in [9.17, 15) is 25.2 Å². The van der Waals surface area contributed by atoms with Gasteiger partial charge in [-0.05, 0) is 84.9 Å². The molecule has 4 rings (SSSR count). The largest absolute Gasteiger partial charge is 0.396 e. The van der Waals surface area contributed by atoms with Gasteiger partial charge in [0, 0.05) is 18.9 Å². The van der Waals surface area contributed by atoms with E-state index in [4.69, 9.17) is 0 Å². The maximum Gasteiger partial charge on any atom is 0.136 e. The summed E-state index contributed by atoms with van der Waals surface area (Å²) in [6.07, 6.45) is 5.93. The molecule has 12 atom stereocenters. The van der Waals surface area contributed by atoms with E-state index in [1.54, 1.807) is 0 Å². The first-order valence-electron chi connectivity index (χ1n) is 13.2. The number of carbonyl (C=O) groups excluding carboxylic acids is 1. The Labute approximate surface area is 194 Å². The van der Waals surface area contributed by atoms with Crippen molar-refractivity contribution in [2.75, 3.05) is 6.61 Å². The highest BCUT2D eigenvalue weighted by atomic mass is 16.3. The van der Waals surface area contributed by atoms with Crippen LogP contribution in [0.2, 0.25) is 0 Å². The average molecular weight is 451 g/mol.